The zero-order chi connectivity index (χ0) is 12.8. The molecule has 0 aromatic rings. The zero-order valence-corrected chi connectivity index (χ0v) is 9.92. The van der Waals surface area contributed by atoms with E-state index in [9.17, 15) is 15.0 Å². The molecule has 2 fully saturated rings. The zero-order valence-electron chi connectivity index (χ0n) is 9.92. The molecule has 6 nitrogen and oxygen atoms in total. The molecule has 100 valence electrons. The van der Waals surface area contributed by atoms with Crippen LogP contribution in [-0.2, 0) is 19.0 Å². The molecule has 1 aliphatic carbocycles. The van der Waals surface area contributed by atoms with Gasteiger partial charge in [-0.15, -0.1) is 0 Å². The molecule has 2 N–H and O–H groups in total. The first-order chi connectivity index (χ1) is 8.61. The van der Waals surface area contributed by atoms with E-state index < -0.39 is 35.5 Å². The van der Waals surface area contributed by atoms with E-state index in [1.165, 1.54) is 6.42 Å². The molecule has 18 heavy (non-hydrogen) atoms. The Morgan fingerprint density at radius 2 is 1.89 bits per heavy atom. The summed E-state index contributed by atoms with van der Waals surface area (Å²) >= 11 is 0. The Balaban J connectivity index is 1.71. The van der Waals surface area contributed by atoms with Gasteiger partial charge in [0.1, 0.15) is 6.10 Å². The number of cyclic esters (lactones) is 1. The normalized spacial score (nSPS) is 35.2. The Bertz CT molecular complexity index is 395. The number of hydrogen-bond donors (Lipinski definition) is 2. The number of rotatable bonds is 1. The van der Waals surface area contributed by atoms with E-state index in [-0.39, 0.29) is 6.61 Å². The van der Waals surface area contributed by atoms with Crippen molar-refractivity contribution in [2.24, 2.45) is 0 Å². The Morgan fingerprint density at radius 3 is 2.50 bits per heavy atom. The molecule has 1 saturated heterocycles. The highest BCUT2D eigenvalue weighted by Gasteiger charge is 2.50. The van der Waals surface area contributed by atoms with Crippen molar-refractivity contribution in [3.05, 3.63) is 11.5 Å². The van der Waals surface area contributed by atoms with Crippen LogP contribution in [0.1, 0.15) is 32.1 Å². The third-order valence-electron chi connectivity index (χ3n) is 3.77. The van der Waals surface area contributed by atoms with E-state index in [0.717, 1.165) is 25.7 Å². The summed E-state index contributed by atoms with van der Waals surface area (Å²) in [5.74, 6) is -2.69. The fourth-order valence-corrected chi connectivity index (χ4v) is 2.80. The topological polar surface area (TPSA) is 85.2 Å². The van der Waals surface area contributed by atoms with Crippen LogP contribution in [0.5, 0.6) is 0 Å². The Labute approximate surface area is 104 Å². The van der Waals surface area contributed by atoms with E-state index in [1.807, 2.05) is 0 Å². The fraction of sp³-hybridized carbons (Fsp3) is 0.750. The van der Waals surface area contributed by atoms with Crippen LogP contribution in [0.15, 0.2) is 11.5 Å². The lowest BCUT2D eigenvalue weighted by Gasteiger charge is -2.32. The van der Waals surface area contributed by atoms with E-state index in [0.29, 0.717) is 0 Å². The minimum atomic E-state index is -0.946. The van der Waals surface area contributed by atoms with Gasteiger partial charge in [-0.2, -0.15) is 0 Å². The van der Waals surface area contributed by atoms with Gasteiger partial charge >= 0.3 is 5.97 Å². The van der Waals surface area contributed by atoms with Crippen molar-refractivity contribution >= 4 is 5.97 Å². The molecule has 0 bridgehead atoms. The average Bonchev–Trinajstić information content (AvgIpc) is 2.88. The number of esters is 1. The maximum atomic E-state index is 11.1. The summed E-state index contributed by atoms with van der Waals surface area (Å²) in [7, 11) is 0. The van der Waals surface area contributed by atoms with Gasteiger partial charge in [0.25, 0.3) is 0 Å². The van der Waals surface area contributed by atoms with Crippen molar-refractivity contribution in [2.75, 3.05) is 6.61 Å². The van der Waals surface area contributed by atoms with Gasteiger partial charge in [-0.05, 0) is 12.8 Å². The van der Waals surface area contributed by atoms with Crippen molar-refractivity contribution < 1.29 is 29.2 Å². The molecule has 0 amide bonds. The fourth-order valence-electron chi connectivity index (χ4n) is 2.80. The lowest BCUT2D eigenvalue weighted by molar-refractivity contribution is -0.197. The first-order valence-electron chi connectivity index (χ1n) is 6.26. The molecule has 0 aromatic carbocycles. The van der Waals surface area contributed by atoms with Gasteiger partial charge in [-0.3, -0.25) is 0 Å². The maximum absolute atomic E-state index is 11.1. The lowest BCUT2D eigenvalue weighted by Crippen LogP contribution is -2.36. The second-order valence-corrected chi connectivity index (χ2v) is 5.00. The van der Waals surface area contributed by atoms with Gasteiger partial charge in [-0.25, -0.2) is 4.79 Å². The maximum Gasteiger partial charge on any atom is 0.377 e. The highest BCUT2D eigenvalue weighted by molar-refractivity contribution is 5.89. The van der Waals surface area contributed by atoms with Gasteiger partial charge in [-0.1, -0.05) is 6.42 Å². The van der Waals surface area contributed by atoms with Crippen LogP contribution in [0.3, 0.4) is 0 Å². The highest BCUT2D eigenvalue weighted by Crippen LogP contribution is 2.40. The quantitative estimate of drug-likeness (QED) is 0.688. The van der Waals surface area contributed by atoms with E-state index >= 15 is 0 Å². The van der Waals surface area contributed by atoms with Crippen LogP contribution in [0.2, 0.25) is 0 Å². The van der Waals surface area contributed by atoms with Crippen LogP contribution < -0.4 is 0 Å². The van der Waals surface area contributed by atoms with Crippen LogP contribution in [0, 0.1) is 0 Å². The van der Waals surface area contributed by atoms with E-state index in [4.69, 9.17) is 14.2 Å². The summed E-state index contributed by atoms with van der Waals surface area (Å²) in [6, 6.07) is 0. The standard InChI is InChI=1S/C12H16O6/c13-8-9(14)11(15)17-10(8)7-6-16-12(18-7)4-2-1-3-5-12/h7,10,13-14H,1-6H2/t7-,10+/m1/s1. The van der Waals surface area contributed by atoms with Gasteiger partial charge in [0.2, 0.25) is 5.76 Å². The molecule has 1 saturated carbocycles. The molecule has 6 heteroatoms. The molecule has 3 aliphatic rings. The predicted molar refractivity (Wildman–Crippen MR) is 58.8 cm³/mol. The third kappa shape index (κ3) is 1.76. The molecular formula is C12H16O6. The number of aliphatic hydroxyl groups excluding tert-OH is 2. The summed E-state index contributed by atoms with van der Waals surface area (Å²) in [4.78, 5) is 11.1. The molecule has 0 radical (unpaired) electrons. The second-order valence-electron chi connectivity index (χ2n) is 5.00. The van der Waals surface area contributed by atoms with Gasteiger partial charge in [0.15, 0.2) is 17.7 Å². The summed E-state index contributed by atoms with van der Waals surface area (Å²) < 4.78 is 16.4. The van der Waals surface area contributed by atoms with Crippen molar-refractivity contribution in [1.29, 1.82) is 0 Å². The van der Waals surface area contributed by atoms with Crippen LogP contribution in [0.25, 0.3) is 0 Å². The minimum Gasteiger partial charge on any atom is -0.505 e. The highest BCUT2D eigenvalue weighted by atomic mass is 16.8. The van der Waals surface area contributed by atoms with Gasteiger partial charge < -0.3 is 24.4 Å². The predicted octanol–water partition coefficient (Wildman–Crippen LogP) is 1.32. The number of carbonyl (C=O) groups excluding carboxylic acids is 1. The van der Waals surface area contributed by atoms with E-state index in [1.54, 1.807) is 0 Å². The third-order valence-corrected chi connectivity index (χ3v) is 3.77. The number of carbonyl (C=O) groups is 1. The summed E-state index contributed by atoms with van der Waals surface area (Å²) in [6.45, 7) is 0.259. The smallest absolute Gasteiger partial charge is 0.377 e. The van der Waals surface area contributed by atoms with Gasteiger partial charge in [0.05, 0.1) is 6.61 Å². The summed E-state index contributed by atoms with van der Waals surface area (Å²) in [5, 5.41) is 18.9. The largest absolute Gasteiger partial charge is 0.505 e. The first kappa shape index (κ1) is 11.8. The number of aliphatic hydroxyl groups is 2. The lowest BCUT2D eigenvalue weighted by atomic mass is 9.94. The van der Waals surface area contributed by atoms with Crippen molar-refractivity contribution in [1.82, 2.24) is 0 Å². The van der Waals surface area contributed by atoms with Crippen LogP contribution >= 0.6 is 0 Å². The second kappa shape index (κ2) is 4.13. The van der Waals surface area contributed by atoms with E-state index in [2.05, 4.69) is 0 Å². The first-order valence-corrected chi connectivity index (χ1v) is 6.26. The number of hydrogen-bond acceptors (Lipinski definition) is 6. The minimum absolute atomic E-state index is 0.259. The average molecular weight is 256 g/mol. The molecule has 1 spiro atoms. The molecule has 2 atom stereocenters. The van der Waals surface area contributed by atoms with Crippen LogP contribution in [0.4, 0.5) is 0 Å². The molecule has 2 aliphatic heterocycles. The summed E-state index contributed by atoms with van der Waals surface area (Å²) in [5.41, 5.74) is 0. The molecule has 3 rings (SSSR count). The SMILES string of the molecule is O=C1O[C@@H]([C@H]2COC3(CCCCC3)O2)C(O)=C1O. The molecular weight excluding hydrogens is 240 g/mol. The van der Waals surface area contributed by atoms with Crippen molar-refractivity contribution in [3.63, 3.8) is 0 Å². The summed E-state index contributed by atoms with van der Waals surface area (Å²) in [6.07, 6.45) is 3.41. The van der Waals surface area contributed by atoms with Gasteiger partial charge in [0, 0.05) is 12.8 Å². The number of ether oxygens (including phenoxy) is 3. The Hall–Kier alpha value is -1.27. The Morgan fingerprint density at radius 1 is 1.17 bits per heavy atom. The molecule has 2 heterocycles. The van der Waals surface area contributed by atoms with Crippen molar-refractivity contribution in [3.8, 4) is 0 Å². The van der Waals surface area contributed by atoms with Crippen LogP contribution in [-0.4, -0.2) is 40.8 Å². The molecule has 0 unspecified atom stereocenters. The van der Waals surface area contributed by atoms with Crippen molar-refractivity contribution in [2.45, 2.75) is 50.1 Å². The Kier molecular flexibility index (Phi) is 2.71. The monoisotopic (exact) mass is 256 g/mol. The molecule has 0 aromatic heterocycles.